The first-order valence-electron chi connectivity index (χ1n) is 11.3. The highest BCUT2D eigenvalue weighted by Gasteiger charge is 2.40. The van der Waals surface area contributed by atoms with Gasteiger partial charge in [0.25, 0.3) is 0 Å². The molecule has 1 saturated carbocycles. The average molecular weight is 437 g/mol. The van der Waals surface area contributed by atoms with Gasteiger partial charge in [0, 0.05) is 38.1 Å². The van der Waals surface area contributed by atoms with Crippen LogP contribution in [-0.2, 0) is 10.0 Å². The maximum Gasteiger partial charge on any atom is 0.214 e. The van der Waals surface area contributed by atoms with Gasteiger partial charge in [-0.25, -0.2) is 8.42 Å². The summed E-state index contributed by atoms with van der Waals surface area (Å²) in [6.07, 6.45) is 7.75. The minimum atomic E-state index is -3.14. The van der Waals surface area contributed by atoms with Crippen LogP contribution < -0.4 is 4.74 Å². The van der Waals surface area contributed by atoms with Gasteiger partial charge in [-0.05, 0) is 37.8 Å². The predicted molar refractivity (Wildman–Crippen MR) is 120 cm³/mol. The quantitative estimate of drug-likeness (QED) is 0.552. The summed E-state index contributed by atoms with van der Waals surface area (Å²) in [5.41, 5.74) is 0.665. The number of methoxy groups -OCH3 is 1. The Bertz CT molecular complexity index is 810. The lowest BCUT2D eigenvalue weighted by Gasteiger charge is -2.50. The molecular formula is C23H36N2O4S. The van der Waals surface area contributed by atoms with Crippen LogP contribution in [0.25, 0.3) is 0 Å². The second-order valence-corrected chi connectivity index (χ2v) is 10.7. The highest BCUT2D eigenvalue weighted by atomic mass is 32.2. The summed E-state index contributed by atoms with van der Waals surface area (Å²) >= 11 is 0. The van der Waals surface area contributed by atoms with E-state index in [2.05, 4.69) is 4.90 Å². The molecule has 0 radical (unpaired) electrons. The molecule has 1 aliphatic heterocycles. The summed E-state index contributed by atoms with van der Waals surface area (Å²) in [5, 5.41) is 0. The van der Waals surface area contributed by atoms with Gasteiger partial charge in [-0.1, -0.05) is 38.3 Å². The van der Waals surface area contributed by atoms with Crippen molar-refractivity contribution >= 4 is 15.8 Å². The predicted octanol–water partition coefficient (Wildman–Crippen LogP) is 3.72. The summed E-state index contributed by atoms with van der Waals surface area (Å²) in [6.45, 7) is 4.54. The minimum absolute atomic E-state index is 0.0105. The fourth-order valence-electron chi connectivity index (χ4n) is 5.12. The normalized spacial score (nSPS) is 20.7. The van der Waals surface area contributed by atoms with Crippen molar-refractivity contribution in [3.63, 3.8) is 0 Å². The Hall–Kier alpha value is -1.44. The number of carbonyl (C=O) groups is 1. The van der Waals surface area contributed by atoms with E-state index in [9.17, 15) is 13.2 Å². The third-order valence-corrected chi connectivity index (χ3v) is 8.85. The topological polar surface area (TPSA) is 66.9 Å². The number of piperazine rings is 1. The largest absolute Gasteiger partial charge is 0.496 e. The van der Waals surface area contributed by atoms with Gasteiger partial charge >= 0.3 is 0 Å². The van der Waals surface area contributed by atoms with E-state index in [1.165, 1.54) is 19.3 Å². The molecule has 1 saturated heterocycles. The molecule has 0 N–H and O–H groups in total. The van der Waals surface area contributed by atoms with Crippen molar-refractivity contribution < 1.29 is 17.9 Å². The number of ketones is 1. The molecule has 168 valence electrons. The van der Waals surface area contributed by atoms with Gasteiger partial charge in [0.05, 0.1) is 18.4 Å². The summed E-state index contributed by atoms with van der Waals surface area (Å²) in [7, 11) is -1.54. The summed E-state index contributed by atoms with van der Waals surface area (Å²) in [4.78, 5) is 15.4. The van der Waals surface area contributed by atoms with Crippen molar-refractivity contribution in [1.29, 1.82) is 0 Å². The van der Waals surface area contributed by atoms with Crippen LogP contribution >= 0.6 is 0 Å². The van der Waals surface area contributed by atoms with Gasteiger partial charge in [0.15, 0.2) is 5.78 Å². The Morgan fingerprint density at radius 2 is 1.73 bits per heavy atom. The number of hydrogen-bond donors (Lipinski definition) is 0. The number of ether oxygens (including phenoxy) is 1. The van der Waals surface area contributed by atoms with Crippen LogP contribution in [0.1, 0.15) is 68.6 Å². The summed E-state index contributed by atoms with van der Waals surface area (Å²) < 4.78 is 31.9. The van der Waals surface area contributed by atoms with Gasteiger partial charge in [-0.15, -0.1) is 0 Å². The van der Waals surface area contributed by atoms with Crippen molar-refractivity contribution in [2.75, 3.05) is 39.0 Å². The first kappa shape index (κ1) is 23.2. The molecule has 0 bridgehead atoms. The Morgan fingerprint density at radius 1 is 1.07 bits per heavy atom. The van der Waals surface area contributed by atoms with Gasteiger partial charge in [-0.2, -0.15) is 4.31 Å². The first-order chi connectivity index (χ1) is 14.4. The minimum Gasteiger partial charge on any atom is -0.496 e. The molecule has 1 aliphatic carbocycles. The van der Waals surface area contributed by atoms with Crippen molar-refractivity contribution in [2.45, 2.75) is 63.8 Å². The Balaban J connectivity index is 1.67. The molecular weight excluding hydrogens is 400 g/mol. The third-order valence-electron chi connectivity index (χ3n) is 6.77. The lowest BCUT2D eigenvalue weighted by molar-refractivity contribution is 0.0165. The fourth-order valence-corrected chi connectivity index (χ4v) is 6.61. The molecule has 1 aromatic rings. The standard InChI is InChI=1S/C23H36N2O4S/c1-3-19-30(27,28)25-17-15-24(16-18-25)23(12-7-4-8-13-23)14-11-21(26)20-9-5-6-10-22(20)29-2/h5-6,9-10H,3-4,7-8,11-19H2,1-2H3. The first-order valence-corrected chi connectivity index (χ1v) is 12.9. The smallest absolute Gasteiger partial charge is 0.214 e. The van der Waals surface area contributed by atoms with Crippen LogP contribution in [0.15, 0.2) is 24.3 Å². The van der Waals surface area contributed by atoms with Gasteiger partial charge in [0.1, 0.15) is 5.75 Å². The maximum atomic E-state index is 13.0. The Kier molecular flexibility index (Phi) is 7.93. The fraction of sp³-hybridized carbons (Fsp3) is 0.696. The zero-order valence-electron chi connectivity index (χ0n) is 18.4. The van der Waals surface area contributed by atoms with Crippen molar-refractivity contribution in [3.8, 4) is 5.75 Å². The SMILES string of the molecule is CCCS(=O)(=O)N1CCN(C2(CCC(=O)c3ccccc3OC)CCCCC2)CC1. The number of sulfonamides is 1. The Morgan fingerprint density at radius 3 is 2.37 bits per heavy atom. The van der Waals surface area contributed by atoms with Crippen molar-refractivity contribution in [1.82, 2.24) is 9.21 Å². The molecule has 1 aromatic carbocycles. The van der Waals surface area contributed by atoms with Crippen LogP contribution in [0.2, 0.25) is 0 Å². The van der Waals surface area contributed by atoms with Crippen LogP contribution in [0.5, 0.6) is 5.75 Å². The number of hydrogen-bond acceptors (Lipinski definition) is 5. The molecule has 0 amide bonds. The molecule has 0 aromatic heterocycles. The average Bonchev–Trinajstić information content (AvgIpc) is 2.78. The van der Waals surface area contributed by atoms with E-state index in [0.29, 0.717) is 37.2 Å². The lowest BCUT2D eigenvalue weighted by atomic mass is 9.76. The van der Waals surface area contributed by atoms with E-state index in [0.717, 1.165) is 32.4 Å². The monoisotopic (exact) mass is 436 g/mol. The van der Waals surface area contributed by atoms with E-state index in [1.54, 1.807) is 11.4 Å². The number of benzene rings is 1. The molecule has 30 heavy (non-hydrogen) atoms. The van der Waals surface area contributed by atoms with E-state index < -0.39 is 10.0 Å². The van der Waals surface area contributed by atoms with E-state index in [1.807, 2.05) is 31.2 Å². The van der Waals surface area contributed by atoms with E-state index in [-0.39, 0.29) is 17.1 Å². The summed E-state index contributed by atoms with van der Waals surface area (Å²) in [6, 6.07) is 7.43. The number of carbonyl (C=O) groups excluding carboxylic acids is 1. The zero-order valence-corrected chi connectivity index (χ0v) is 19.3. The van der Waals surface area contributed by atoms with Gasteiger partial charge < -0.3 is 4.74 Å². The molecule has 2 fully saturated rings. The second kappa shape index (κ2) is 10.2. The molecule has 2 aliphatic rings. The second-order valence-electron chi connectivity index (χ2n) is 8.61. The highest BCUT2D eigenvalue weighted by molar-refractivity contribution is 7.89. The number of para-hydroxylation sites is 1. The van der Waals surface area contributed by atoms with E-state index >= 15 is 0 Å². The zero-order chi connectivity index (χ0) is 21.6. The summed E-state index contributed by atoms with van der Waals surface area (Å²) in [5.74, 6) is 0.988. The molecule has 0 unspecified atom stereocenters. The van der Waals surface area contributed by atoms with Crippen LogP contribution in [0.4, 0.5) is 0 Å². The van der Waals surface area contributed by atoms with E-state index in [4.69, 9.17) is 4.74 Å². The molecule has 6 nitrogen and oxygen atoms in total. The van der Waals surface area contributed by atoms with Gasteiger partial charge in [-0.3, -0.25) is 9.69 Å². The molecule has 0 spiro atoms. The molecule has 1 heterocycles. The lowest BCUT2D eigenvalue weighted by Crippen LogP contribution is -2.58. The number of Topliss-reactive ketones (excluding diaryl/α,β-unsaturated/α-hetero) is 1. The maximum absolute atomic E-state index is 13.0. The van der Waals surface area contributed by atoms with Crippen LogP contribution in [0, 0.1) is 0 Å². The van der Waals surface area contributed by atoms with Crippen molar-refractivity contribution in [2.24, 2.45) is 0 Å². The molecule has 3 rings (SSSR count). The molecule has 0 atom stereocenters. The number of nitrogens with zero attached hydrogens (tertiary/aromatic N) is 2. The Labute approximate surface area is 181 Å². The third kappa shape index (κ3) is 5.24. The number of rotatable bonds is 9. The van der Waals surface area contributed by atoms with Crippen LogP contribution in [0.3, 0.4) is 0 Å². The highest BCUT2D eigenvalue weighted by Crippen LogP contribution is 2.39. The van der Waals surface area contributed by atoms with Gasteiger partial charge in [0.2, 0.25) is 10.0 Å². The van der Waals surface area contributed by atoms with Crippen molar-refractivity contribution in [3.05, 3.63) is 29.8 Å². The van der Waals surface area contributed by atoms with Crippen LogP contribution in [-0.4, -0.2) is 68.0 Å². The molecule has 7 heteroatoms.